The van der Waals surface area contributed by atoms with Gasteiger partial charge in [-0.05, 0) is 63.1 Å². The molecule has 2 heteroatoms. The number of nitrogens with one attached hydrogen (secondary N) is 2. The van der Waals surface area contributed by atoms with Crippen LogP contribution in [0.2, 0.25) is 0 Å². The van der Waals surface area contributed by atoms with Crippen molar-refractivity contribution >= 4 is 11.4 Å². The standard InChI is InChI=1S/C19H34N2/c1-13(2)10-16(6)20-18-9-8-15(5)19(12-18)21-17(7)11-14(3)4/h8-9,12-14,16-17,20-21H,10-11H2,1-7H3. The zero-order chi connectivity index (χ0) is 16.0. The SMILES string of the molecule is Cc1ccc(NC(C)CC(C)C)cc1NC(C)CC(C)C. The lowest BCUT2D eigenvalue weighted by molar-refractivity contribution is 0.539. The summed E-state index contributed by atoms with van der Waals surface area (Å²) in [6.45, 7) is 15.8. The van der Waals surface area contributed by atoms with E-state index in [-0.39, 0.29) is 0 Å². The lowest BCUT2D eigenvalue weighted by atomic mass is 10.0. The van der Waals surface area contributed by atoms with E-state index in [1.165, 1.54) is 29.8 Å². The smallest absolute Gasteiger partial charge is 0.0392 e. The third-order valence-electron chi connectivity index (χ3n) is 3.70. The highest BCUT2D eigenvalue weighted by Crippen LogP contribution is 2.23. The molecule has 1 aromatic rings. The highest BCUT2D eigenvalue weighted by atomic mass is 14.9. The fourth-order valence-electron chi connectivity index (χ4n) is 2.95. The summed E-state index contributed by atoms with van der Waals surface area (Å²) in [4.78, 5) is 0. The predicted octanol–water partition coefficient (Wildman–Crippen LogP) is 5.69. The van der Waals surface area contributed by atoms with Crippen molar-refractivity contribution in [1.29, 1.82) is 0 Å². The maximum absolute atomic E-state index is 3.66. The molecule has 0 aromatic heterocycles. The molecule has 2 atom stereocenters. The first kappa shape index (κ1) is 17.9. The van der Waals surface area contributed by atoms with E-state index in [2.05, 4.69) is 77.3 Å². The van der Waals surface area contributed by atoms with Gasteiger partial charge in [0.2, 0.25) is 0 Å². The Morgan fingerprint density at radius 2 is 1.33 bits per heavy atom. The van der Waals surface area contributed by atoms with Crippen molar-refractivity contribution in [3.63, 3.8) is 0 Å². The zero-order valence-electron chi connectivity index (χ0n) is 15.0. The van der Waals surface area contributed by atoms with E-state index < -0.39 is 0 Å². The Labute approximate surface area is 131 Å². The average molecular weight is 290 g/mol. The van der Waals surface area contributed by atoms with E-state index in [1.807, 2.05) is 0 Å². The Morgan fingerprint density at radius 1 is 0.810 bits per heavy atom. The van der Waals surface area contributed by atoms with Gasteiger partial charge in [-0.2, -0.15) is 0 Å². The fraction of sp³-hybridized carbons (Fsp3) is 0.684. The van der Waals surface area contributed by atoms with Crippen molar-refractivity contribution in [2.75, 3.05) is 10.6 Å². The molecule has 1 aromatic carbocycles. The van der Waals surface area contributed by atoms with Crippen LogP contribution in [0.25, 0.3) is 0 Å². The molecular weight excluding hydrogens is 256 g/mol. The number of benzene rings is 1. The number of hydrogen-bond donors (Lipinski definition) is 2. The molecular formula is C19H34N2. The minimum Gasteiger partial charge on any atom is -0.383 e. The Morgan fingerprint density at radius 3 is 1.86 bits per heavy atom. The van der Waals surface area contributed by atoms with Crippen LogP contribution in [0.3, 0.4) is 0 Å². The fourth-order valence-corrected chi connectivity index (χ4v) is 2.95. The van der Waals surface area contributed by atoms with E-state index >= 15 is 0 Å². The van der Waals surface area contributed by atoms with Gasteiger partial charge in [0.05, 0.1) is 0 Å². The second-order valence-electron chi connectivity index (χ2n) is 7.38. The van der Waals surface area contributed by atoms with Crippen molar-refractivity contribution in [3.05, 3.63) is 23.8 Å². The first-order chi connectivity index (χ1) is 9.77. The predicted molar refractivity (Wildman–Crippen MR) is 96.3 cm³/mol. The maximum Gasteiger partial charge on any atom is 0.0392 e. The van der Waals surface area contributed by atoms with Crippen LogP contribution in [0.1, 0.15) is 59.9 Å². The van der Waals surface area contributed by atoms with E-state index in [1.54, 1.807) is 0 Å². The molecule has 0 aliphatic rings. The molecule has 2 N–H and O–H groups in total. The largest absolute Gasteiger partial charge is 0.383 e. The molecule has 0 fully saturated rings. The Kier molecular flexibility index (Phi) is 7.07. The van der Waals surface area contributed by atoms with E-state index in [0.29, 0.717) is 12.1 Å². The van der Waals surface area contributed by atoms with Crippen LogP contribution in [0, 0.1) is 18.8 Å². The zero-order valence-corrected chi connectivity index (χ0v) is 15.0. The van der Waals surface area contributed by atoms with Crippen LogP contribution < -0.4 is 10.6 Å². The molecule has 0 aliphatic heterocycles. The highest BCUT2D eigenvalue weighted by Gasteiger charge is 2.09. The van der Waals surface area contributed by atoms with Crippen LogP contribution >= 0.6 is 0 Å². The molecule has 21 heavy (non-hydrogen) atoms. The van der Waals surface area contributed by atoms with Crippen LogP contribution in [0.15, 0.2) is 18.2 Å². The van der Waals surface area contributed by atoms with Gasteiger partial charge in [0.25, 0.3) is 0 Å². The first-order valence-electron chi connectivity index (χ1n) is 8.41. The molecule has 0 spiro atoms. The van der Waals surface area contributed by atoms with Crippen LogP contribution in [0.4, 0.5) is 11.4 Å². The molecule has 2 unspecified atom stereocenters. The number of aryl methyl sites for hydroxylation is 1. The molecule has 2 nitrogen and oxygen atoms in total. The van der Waals surface area contributed by atoms with Crippen molar-refractivity contribution in [2.45, 2.75) is 73.4 Å². The van der Waals surface area contributed by atoms with Gasteiger partial charge in [0, 0.05) is 23.5 Å². The third-order valence-corrected chi connectivity index (χ3v) is 3.70. The summed E-state index contributed by atoms with van der Waals surface area (Å²) in [5.74, 6) is 1.45. The van der Waals surface area contributed by atoms with Crippen molar-refractivity contribution in [1.82, 2.24) is 0 Å². The second kappa shape index (κ2) is 8.31. The normalized spacial score (nSPS) is 14.3. The van der Waals surface area contributed by atoms with Gasteiger partial charge in [0.1, 0.15) is 0 Å². The third kappa shape index (κ3) is 6.88. The van der Waals surface area contributed by atoms with E-state index in [4.69, 9.17) is 0 Å². The van der Waals surface area contributed by atoms with Gasteiger partial charge >= 0.3 is 0 Å². The van der Waals surface area contributed by atoms with Gasteiger partial charge in [-0.3, -0.25) is 0 Å². The summed E-state index contributed by atoms with van der Waals surface area (Å²) in [5, 5.41) is 7.27. The van der Waals surface area contributed by atoms with Crippen molar-refractivity contribution in [3.8, 4) is 0 Å². The summed E-state index contributed by atoms with van der Waals surface area (Å²) < 4.78 is 0. The molecule has 0 bridgehead atoms. The van der Waals surface area contributed by atoms with Crippen LogP contribution in [-0.2, 0) is 0 Å². The first-order valence-corrected chi connectivity index (χ1v) is 8.41. The van der Waals surface area contributed by atoms with E-state index in [9.17, 15) is 0 Å². The van der Waals surface area contributed by atoms with Crippen LogP contribution in [-0.4, -0.2) is 12.1 Å². The highest BCUT2D eigenvalue weighted by molar-refractivity contribution is 5.61. The second-order valence-corrected chi connectivity index (χ2v) is 7.38. The molecule has 0 aliphatic carbocycles. The van der Waals surface area contributed by atoms with Gasteiger partial charge in [-0.1, -0.05) is 33.8 Å². The summed E-state index contributed by atoms with van der Waals surface area (Å²) >= 11 is 0. The van der Waals surface area contributed by atoms with Gasteiger partial charge in [0.15, 0.2) is 0 Å². The van der Waals surface area contributed by atoms with Crippen LogP contribution in [0.5, 0.6) is 0 Å². The minimum absolute atomic E-state index is 0.507. The molecule has 120 valence electrons. The Balaban J connectivity index is 2.70. The number of rotatable bonds is 8. The molecule has 1 rings (SSSR count). The lowest BCUT2D eigenvalue weighted by Gasteiger charge is -2.21. The minimum atomic E-state index is 0.507. The lowest BCUT2D eigenvalue weighted by Crippen LogP contribution is -2.19. The summed E-state index contributed by atoms with van der Waals surface area (Å²) in [7, 11) is 0. The number of anilines is 2. The summed E-state index contributed by atoms with van der Waals surface area (Å²) in [5.41, 5.74) is 3.78. The van der Waals surface area contributed by atoms with Crippen molar-refractivity contribution in [2.24, 2.45) is 11.8 Å². The Hall–Kier alpha value is -1.18. The summed E-state index contributed by atoms with van der Waals surface area (Å²) in [6, 6.07) is 7.66. The van der Waals surface area contributed by atoms with Gasteiger partial charge in [-0.15, -0.1) is 0 Å². The monoisotopic (exact) mass is 290 g/mol. The quantitative estimate of drug-likeness (QED) is 0.643. The molecule has 0 saturated carbocycles. The molecule has 0 amide bonds. The van der Waals surface area contributed by atoms with Gasteiger partial charge in [-0.25, -0.2) is 0 Å². The van der Waals surface area contributed by atoms with E-state index in [0.717, 1.165) is 11.8 Å². The Bertz CT molecular complexity index is 424. The molecule has 0 saturated heterocycles. The summed E-state index contributed by atoms with van der Waals surface area (Å²) in [6.07, 6.45) is 2.39. The molecule has 0 radical (unpaired) electrons. The molecule has 0 heterocycles. The maximum atomic E-state index is 3.66. The van der Waals surface area contributed by atoms with Gasteiger partial charge < -0.3 is 10.6 Å². The number of hydrogen-bond acceptors (Lipinski definition) is 2. The average Bonchev–Trinajstić information content (AvgIpc) is 2.31. The topological polar surface area (TPSA) is 24.1 Å². The van der Waals surface area contributed by atoms with Crippen molar-refractivity contribution < 1.29 is 0 Å².